The first kappa shape index (κ1) is 26.2. The molecule has 1 aliphatic heterocycles. The summed E-state index contributed by atoms with van der Waals surface area (Å²) in [6.45, 7) is 5.83. The molecule has 2 rings (SSSR count). The summed E-state index contributed by atoms with van der Waals surface area (Å²) in [6, 6.07) is 6.15. The van der Waals surface area contributed by atoms with Crippen LogP contribution < -0.4 is 0 Å². The Morgan fingerprint density at radius 2 is 1.58 bits per heavy atom. The Hall–Kier alpha value is -1.01. The molecule has 31 heavy (non-hydrogen) atoms. The van der Waals surface area contributed by atoms with Crippen molar-refractivity contribution in [3.63, 3.8) is 0 Å². The SMILES string of the molecule is CCCCC(CC)COC(=O)C(Cl)(N1C(=O)c2ccccc2C1=O)C(Cl)(Cl)C(Cl)CC. The third-order valence-electron chi connectivity index (χ3n) is 5.56. The predicted octanol–water partition coefficient (Wildman–Crippen LogP) is 6.17. The number of unbranched alkanes of at least 4 members (excludes halogenated alkanes) is 1. The van der Waals surface area contributed by atoms with Crippen molar-refractivity contribution in [2.24, 2.45) is 5.92 Å². The smallest absolute Gasteiger partial charge is 0.351 e. The van der Waals surface area contributed by atoms with Gasteiger partial charge >= 0.3 is 5.97 Å². The van der Waals surface area contributed by atoms with Crippen molar-refractivity contribution in [3.8, 4) is 0 Å². The molecule has 1 heterocycles. The van der Waals surface area contributed by atoms with E-state index in [1.54, 1.807) is 19.1 Å². The van der Waals surface area contributed by atoms with E-state index in [0.717, 1.165) is 25.7 Å². The Morgan fingerprint density at radius 1 is 1.03 bits per heavy atom. The lowest BCUT2D eigenvalue weighted by molar-refractivity contribution is -0.152. The van der Waals surface area contributed by atoms with Gasteiger partial charge in [-0.25, -0.2) is 9.69 Å². The van der Waals surface area contributed by atoms with Gasteiger partial charge in [0, 0.05) is 0 Å². The molecule has 0 spiro atoms. The van der Waals surface area contributed by atoms with Crippen molar-refractivity contribution >= 4 is 64.2 Å². The highest BCUT2D eigenvalue weighted by atomic mass is 35.5. The van der Waals surface area contributed by atoms with Gasteiger partial charge in [-0.15, -0.1) is 11.6 Å². The van der Waals surface area contributed by atoms with E-state index in [1.165, 1.54) is 12.1 Å². The van der Waals surface area contributed by atoms with Gasteiger partial charge < -0.3 is 4.74 Å². The van der Waals surface area contributed by atoms with Crippen LogP contribution in [0.4, 0.5) is 0 Å². The highest BCUT2D eigenvalue weighted by Gasteiger charge is 2.67. The maximum absolute atomic E-state index is 13.3. The van der Waals surface area contributed by atoms with Gasteiger partial charge in [0.15, 0.2) is 4.33 Å². The van der Waals surface area contributed by atoms with E-state index in [2.05, 4.69) is 6.92 Å². The summed E-state index contributed by atoms with van der Waals surface area (Å²) >= 11 is 26.1. The number of carbonyl (C=O) groups excluding carboxylic acids is 3. The molecule has 0 N–H and O–H groups in total. The number of hydrogen-bond donors (Lipinski definition) is 0. The van der Waals surface area contributed by atoms with Gasteiger partial charge in [0.1, 0.15) is 0 Å². The highest BCUT2D eigenvalue weighted by Crippen LogP contribution is 2.50. The number of carbonyl (C=O) groups is 3. The van der Waals surface area contributed by atoms with Gasteiger partial charge in [0.2, 0.25) is 0 Å². The standard InChI is InChI=1S/C22H27Cl4NO4/c1-4-7-10-14(5-2)13-31-20(30)22(26,21(24,25)17(23)6-3)27-18(28)15-11-8-9-12-16(15)19(27)29/h8-9,11-12,14,17H,4-7,10,13H2,1-3H3. The lowest BCUT2D eigenvalue weighted by Gasteiger charge is -2.42. The summed E-state index contributed by atoms with van der Waals surface area (Å²) < 4.78 is 3.29. The third kappa shape index (κ3) is 4.85. The summed E-state index contributed by atoms with van der Waals surface area (Å²) in [5.74, 6) is -2.54. The van der Waals surface area contributed by atoms with Gasteiger partial charge in [-0.1, -0.05) is 87.0 Å². The van der Waals surface area contributed by atoms with Crippen molar-refractivity contribution < 1.29 is 19.1 Å². The van der Waals surface area contributed by atoms with Gasteiger partial charge in [-0.2, -0.15) is 0 Å². The summed E-state index contributed by atoms with van der Waals surface area (Å²) in [5, 5.41) is -1.05. The quantitative estimate of drug-likeness (QED) is 0.154. The minimum Gasteiger partial charge on any atom is -0.463 e. The van der Waals surface area contributed by atoms with Crippen LogP contribution in [0.1, 0.15) is 73.6 Å². The number of imide groups is 1. The molecule has 0 aromatic heterocycles. The maximum atomic E-state index is 13.3. The minimum atomic E-state index is -2.55. The van der Waals surface area contributed by atoms with Crippen LogP contribution in [0.15, 0.2) is 24.3 Å². The molecule has 9 heteroatoms. The van der Waals surface area contributed by atoms with E-state index in [9.17, 15) is 14.4 Å². The largest absolute Gasteiger partial charge is 0.463 e. The number of benzene rings is 1. The van der Waals surface area contributed by atoms with Gasteiger partial charge in [0.25, 0.3) is 16.8 Å². The second-order valence-electron chi connectivity index (χ2n) is 7.63. The second-order valence-corrected chi connectivity index (χ2v) is 10.1. The Bertz CT molecular complexity index is 796. The molecule has 3 unspecified atom stereocenters. The van der Waals surface area contributed by atoms with E-state index in [0.29, 0.717) is 4.90 Å². The Morgan fingerprint density at radius 3 is 2.03 bits per heavy atom. The number of esters is 1. The predicted molar refractivity (Wildman–Crippen MR) is 124 cm³/mol. The molecule has 5 nitrogen and oxygen atoms in total. The van der Waals surface area contributed by atoms with Crippen molar-refractivity contribution in [3.05, 3.63) is 35.4 Å². The maximum Gasteiger partial charge on any atom is 0.351 e. The lowest BCUT2D eigenvalue weighted by Crippen LogP contribution is -2.65. The first-order valence-corrected chi connectivity index (χ1v) is 12.0. The number of nitrogens with zero attached hydrogens (tertiary/aromatic N) is 1. The van der Waals surface area contributed by atoms with Crippen LogP contribution in [-0.2, 0) is 9.53 Å². The molecule has 1 aromatic carbocycles. The third-order valence-corrected chi connectivity index (χ3v) is 8.31. The molecule has 0 radical (unpaired) electrons. The summed E-state index contributed by atoms with van der Waals surface area (Å²) in [6.07, 6.45) is 3.87. The lowest BCUT2D eigenvalue weighted by atomic mass is 10.0. The number of hydrogen-bond acceptors (Lipinski definition) is 4. The molecule has 0 bridgehead atoms. The number of fused-ring (bicyclic) bond motifs is 1. The van der Waals surface area contributed by atoms with E-state index in [1.807, 2.05) is 6.92 Å². The number of alkyl halides is 4. The summed E-state index contributed by atoms with van der Waals surface area (Å²) in [5.41, 5.74) is 0.206. The number of ether oxygens (including phenoxy) is 1. The van der Waals surface area contributed by atoms with E-state index >= 15 is 0 Å². The molecular weight excluding hydrogens is 484 g/mol. The Labute approximate surface area is 203 Å². The normalized spacial score (nSPS) is 17.8. The van der Waals surface area contributed by atoms with Crippen LogP contribution in [0.5, 0.6) is 0 Å². The van der Waals surface area contributed by atoms with Crippen molar-refractivity contribution in [1.29, 1.82) is 0 Å². The molecule has 1 aliphatic rings. The van der Waals surface area contributed by atoms with E-state index < -0.39 is 32.5 Å². The number of halogens is 4. The molecule has 0 fully saturated rings. The Balaban J connectivity index is 2.45. The first-order valence-electron chi connectivity index (χ1n) is 10.4. The van der Waals surface area contributed by atoms with Crippen LogP contribution in [0.2, 0.25) is 0 Å². The number of amides is 2. The topological polar surface area (TPSA) is 63.7 Å². The van der Waals surface area contributed by atoms with E-state index in [4.69, 9.17) is 51.1 Å². The van der Waals surface area contributed by atoms with E-state index in [-0.39, 0.29) is 30.1 Å². The fraction of sp³-hybridized carbons (Fsp3) is 0.591. The molecule has 0 saturated carbocycles. The summed E-state index contributed by atoms with van der Waals surface area (Å²) in [7, 11) is 0. The minimum absolute atomic E-state index is 0.0654. The van der Waals surface area contributed by atoms with Gasteiger partial charge in [0.05, 0.1) is 23.1 Å². The van der Waals surface area contributed by atoms with Gasteiger partial charge in [-0.05, 0) is 30.9 Å². The van der Waals surface area contributed by atoms with Crippen LogP contribution in [0.25, 0.3) is 0 Å². The molecule has 0 saturated heterocycles. The molecule has 0 aliphatic carbocycles. The van der Waals surface area contributed by atoms with Crippen LogP contribution in [0.3, 0.4) is 0 Å². The molecule has 172 valence electrons. The number of rotatable bonds is 11. The van der Waals surface area contributed by atoms with Crippen LogP contribution >= 0.6 is 46.4 Å². The zero-order valence-electron chi connectivity index (χ0n) is 17.8. The monoisotopic (exact) mass is 509 g/mol. The van der Waals surface area contributed by atoms with Crippen LogP contribution in [-0.4, -0.2) is 44.0 Å². The molecular formula is C22H27Cl4NO4. The van der Waals surface area contributed by atoms with Gasteiger partial charge in [-0.3, -0.25) is 9.59 Å². The zero-order chi connectivity index (χ0) is 23.4. The molecule has 3 atom stereocenters. The summed E-state index contributed by atoms with van der Waals surface area (Å²) in [4.78, 5) is 37.6. The highest BCUT2D eigenvalue weighted by molar-refractivity contribution is 6.60. The fourth-order valence-electron chi connectivity index (χ4n) is 3.50. The van der Waals surface area contributed by atoms with Crippen molar-refractivity contribution in [2.45, 2.75) is 67.6 Å². The first-order chi connectivity index (χ1) is 14.6. The molecule has 1 aromatic rings. The molecule has 2 amide bonds. The second kappa shape index (κ2) is 10.7. The fourth-order valence-corrected chi connectivity index (χ4v) is 4.68. The van der Waals surface area contributed by atoms with Crippen LogP contribution in [0, 0.1) is 5.92 Å². The average molecular weight is 511 g/mol. The zero-order valence-corrected chi connectivity index (χ0v) is 20.8. The van der Waals surface area contributed by atoms with Crippen molar-refractivity contribution in [1.82, 2.24) is 4.90 Å². The van der Waals surface area contributed by atoms with Crippen molar-refractivity contribution in [2.75, 3.05) is 6.61 Å². The average Bonchev–Trinajstić information content (AvgIpc) is 3.02. The Kier molecular flexibility index (Phi) is 9.09.